The van der Waals surface area contributed by atoms with E-state index in [9.17, 15) is 24.8 Å². The first kappa shape index (κ1) is 25.4. The minimum atomic E-state index is -0.478. The number of H-pyrrole nitrogens is 1. The maximum Gasteiger partial charge on any atom is 0.270 e. The van der Waals surface area contributed by atoms with Crippen molar-refractivity contribution in [3.8, 4) is 5.88 Å². The second-order valence-electron chi connectivity index (χ2n) is 9.26. The maximum absolute atomic E-state index is 12.1. The van der Waals surface area contributed by atoms with E-state index < -0.39 is 16.7 Å². The summed E-state index contributed by atoms with van der Waals surface area (Å²) < 4.78 is 0. The lowest BCUT2D eigenvalue weighted by molar-refractivity contribution is -0.384. The Hall–Kier alpha value is -5.25. The Labute approximate surface area is 223 Å². The predicted octanol–water partition coefficient (Wildman–Crippen LogP) is 4.30. The van der Waals surface area contributed by atoms with Gasteiger partial charge in [-0.05, 0) is 23.8 Å². The smallest absolute Gasteiger partial charge is 0.270 e. The van der Waals surface area contributed by atoms with Crippen LogP contribution < -0.4 is 5.73 Å². The number of nitro groups is 1. The molecule has 0 radical (unpaired) electrons. The highest BCUT2D eigenvalue weighted by molar-refractivity contribution is 6.22. The third kappa shape index (κ3) is 5.40. The molecule has 2 heterocycles. The SMILES string of the molecule is NC(=O)C1CC(=O)N(C/C=C/c2ccc(N=C(c3ccccc3)c3c(O)[nH]c4ccc([N+](=O)[O-])cc34)cc2)C1. The zero-order valence-corrected chi connectivity index (χ0v) is 20.8. The van der Waals surface area contributed by atoms with Gasteiger partial charge in [0.05, 0.1) is 27.8 Å². The van der Waals surface area contributed by atoms with E-state index in [1.54, 1.807) is 11.0 Å². The number of nitrogens with one attached hydrogen (secondary N) is 1. The number of nitrogens with two attached hydrogens (primary N) is 1. The highest BCUT2D eigenvalue weighted by atomic mass is 16.6. The Balaban J connectivity index is 1.44. The molecule has 1 aliphatic rings. The lowest BCUT2D eigenvalue weighted by Gasteiger charge is -2.13. The second kappa shape index (κ2) is 10.6. The maximum atomic E-state index is 12.1. The van der Waals surface area contributed by atoms with E-state index in [0.29, 0.717) is 41.0 Å². The lowest BCUT2D eigenvalue weighted by Crippen LogP contribution is -2.28. The van der Waals surface area contributed by atoms with Crippen LogP contribution in [-0.4, -0.2) is 50.5 Å². The van der Waals surface area contributed by atoms with Crippen LogP contribution in [0.3, 0.4) is 0 Å². The molecule has 2 amide bonds. The number of carbonyl (C=O) groups is 2. The second-order valence-corrected chi connectivity index (χ2v) is 9.26. The van der Waals surface area contributed by atoms with Crippen LogP contribution in [0.5, 0.6) is 5.88 Å². The minimum Gasteiger partial charge on any atom is -0.494 e. The molecular formula is C29H25N5O5. The van der Waals surface area contributed by atoms with E-state index in [0.717, 1.165) is 11.1 Å². The first-order valence-corrected chi connectivity index (χ1v) is 12.3. The molecule has 196 valence electrons. The van der Waals surface area contributed by atoms with Gasteiger partial charge in [0.25, 0.3) is 5.69 Å². The van der Waals surface area contributed by atoms with E-state index in [1.807, 2.05) is 66.7 Å². The Bertz CT molecular complexity index is 1620. The molecule has 1 aliphatic heterocycles. The van der Waals surface area contributed by atoms with E-state index in [2.05, 4.69) is 4.98 Å². The van der Waals surface area contributed by atoms with Crippen LogP contribution in [0.2, 0.25) is 0 Å². The molecule has 1 fully saturated rings. The molecular weight excluding hydrogens is 498 g/mol. The first-order valence-electron chi connectivity index (χ1n) is 12.3. The molecule has 0 saturated carbocycles. The fourth-order valence-corrected chi connectivity index (χ4v) is 4.62. The molecule has 4 aromatic rings. The molecule has 0 aliphatic carbocycles. The number of aliphatic imine (C=N–C) groups is 1. The number of nitro benzene ring substituents is 1. The largest absolute Gasteiger partial charge is 0.494 e. The third-order valence-corrected chi connectivity index (χ3v) is 6.64. The van der Waals surface area contributed by atoms with Gasteiger partial charge in [0.15, 0.2) is 5.88 Å². The van der Waals surface area contributed by atoms with Gasteiger partial charge >= 0.3 is 0 Å². The third-order valence-electron chi connectivity index (χ3n) is 6.64. The van der Waals surface area contributed by atoms with Gasteiger partial charge in [0.2, 0.25) is 11.8 Å². The van der Waals surface area contributed by atoms with E-state index in [4.69, 9.17) is 10.7 Å². The summed E-state index contributed by atoms with van der Waals surface area (Å²) in [5.74, 6) is -1.13. The monoisotopic (exact) mass is 523 g/mol. The average molecular weight is 524 g/mol. The molecule has 1 unspecified atom stereocenters. The Morgan fingerprint density at radius 2 is 1.90 bits per heavy atom. The van der Waals surface area contributed by atoms with Crippen LogP contribution in [0.1, 0.15) is 23.1 Å². The number of aromatic nitrogens is 1. The van der Waals surface area contributed by atoms with Gasteiger partial charge in [-0.3, -0.25) is 19.7 Å². The van der Waals surface area contributed by atoms with Crippen molar-refractivity contribution in [2.45, 2.75) is 6.42 Å². The average Bonchev–Trinajstić information content (AvgIpc) is 3.47. The van der Waals surface area contributed by atoms with Gasteiger partial charge in [0.1, 0.15) is 0 Å². The number of hydrogen-bond acceptors (Lipinski definition) is 6. The van der Waals surface area contributed by atoms with Crippen molar-refractivity contribution in [2.24, 2.45) is 16.6 Å². The number of primary amides is 1. The molecule has 0 spiro atoms. The lowest BCUT2D eigenvalue weighted by atomic mass is 10.0. The predicted molar refractivity (Wildman–Crippen MR) is 148 cm³/mol. The number of amides is 2. The molecule has 1 aromatic heterocycles. The van der Waals surface area contributed by atoms with E-state index in [-0.39, 0.29) is 23.9 Å². The molecule has 5 rings (SSSR count). The molecule has 10 nitrogen and oxygen atoms in total. The number of nitrogens with zero attached hydrogens (tertiary/aromatic N) is 3. The van der Waals surface area contributed by atoms with Crippen LogP contribution in [0, 0.1) is 16.0 Å². The summed E-state index contributed by atoms with van der Waals surface area (Å²) in [6.45, 7) is 0.713. The van der Waals surface area contributed by atoms with Crippen molar-refractivity contribution in [3.63, 3.8) is 0 Å². The normalized spacial score (nSPS) is 15.9. The van der Waals surface area contributed by atoms with Gasteiger partial charge in [-0.25, -0.2) is 4.99 Å². The van der Waals surface area contributed by atoms with E-state index in [1.165, 1.54) is 12.1 Å². The molecule has 3 aromatic carbocycles. The fraction of sp³-hybridized carbons (Fsp3) is 0.138. The number of likely N-dealkylation sites (tertiary alicyclic amines) is 1. The molecule has 4 N–H and O–H groups in total. The number of non-ortho nitro benzene ring substituents is 1. The summed E-state index contributed by atoms with van der Waals surface area (Å²) in [6, 6.07) is 21.0. The summed E-state index contributed by atoms with van der Waals surface area (Å²) >= 11 is 0. The summed E-state index contributed by atoms with van der Waals surface area (Å²) in [6.07, 6.45) is 3.88. The number of hydrogen-bond donors (Lipinski definition) is 3. The van der Waals surface area contributed by atoms with Crippen molar-refractivity contribution in [1.82, 2.24) is 9.88 Å². The number of benzene rings is 3. The summed E-state index contributed by atoms with van der Waals surface area (Å²) in [5.41, 5.74) is 8.84. The number of aromatic amines is 1. The first-order chi connectivity index (χ1) is 18.8. The zero-order valence-electron chi connectivity index (χ0n) is 20.8. The van der Waals surface area contributed by atoms with Crippen LogP contribution in [-0.2, 0) is 9.59 Å². The summed E-state index contributed by atoms with van der Waals surface area (Å²) in [5, 5.41) is 22.7. The van der Waals surface area contributed by atoms with Gasteiger partial charge in [-0.15, -0.1) is 0 Å². The van der Waals surface area contributed by atoms with Crippen molar-refractivity contribution in [2.75, 3.05) is 13.1 Å². The number of aromatic hydroxyl groups is 1. The number of fused-ring (bicyclic) bond motifs is 1. The van der Waals surface area contributed by atoms with Crippen LogP contribution in [0.15, 0.2) is 83.9 Å². The van der Waals surface area contributed by atoms with Gasteiger partial charge in [-0.1, -0.05) is 54.6 Å². The van der Waals surface area contributed by atoms with Crippen molar-refractivity contribution < 1.29 is 19.6 Å². The molecule has 0 bridgehead atoms. The summed E-state index contributed by atoms with van der Waals surface area (Å²) in [4.78, 5) is 43.7. The van der Waals surface area contributed by atoms with Gasteiger partial charge in [-0.2, -0.15) is 0 Å². The molecule has 1 saturated heterocycles. The highest BCUT2D eigenvalue weighted by Gasteiger charge is 2.32. The Morgan fingerprint density at radius 3 is 2.56 bits per heavy atom. The highest BCUT2D eigenvalue weighted by Crippen LogP contribution is 2.33. The number of rotatable bonds is 8. The van der Waals surface area contributed by atoms with Crippen molar-refractivity contribution in [3.05, 3.63) is 106 Å². The molecule has 1 atom stereocenters. The van der Waals surface area contributed by atoms with Crippen LogP contribution in [0.25, 0.3) is 17.0 Å². The van der Waals surface area contributed by atoms with Crippen molar-refractivity contribution >= 4 is 45.9 Å². The minimum absolute atomic E-state index is 0.0903. The fourth-order valence-electron chi connectivity index (χ4n) is 4.62. The van der Waals surface area contributed by atoms with Gasteiger partial charge in [0, 0.05) is 48.1 Å². The Morgan fingerprint density at radius 1 is 1.15 bits per heavy atom. The van der Waals surface area contributed by atoms with Crippen LogP contribution >= 0.6 is 0 Å². The summed E-state index contributed by atoms with van der Waals surface area (Å²) in [7, 11) is 0. The molecule has 39 heavy (non-hydrogen) atoms. The van der Waals surface area contributed by atoms with E-state index >= 15 is 0 Å². The molecule has 10 heteroatoms. The topological polar surface area (TPSA) is 155 Å². The zero-order chi connectivity index (χ0) is 27.5. The standard InChI is InChI=1S/C29H25N5O5/c30-28(36)20-15-25(35)33(17-20)14-4-5-18-8-10-21(11-9-18)31-27(19-6-2-1-3-7-19)26-23-16-22(34(38)39)12-13-24(23)32-29(26)37/h1-13,16,20,32,37H,14-15,17H2,(H2,30,36)/b5-4+,31-27?. The van der Waals surface area contributed by atoms with Crippen molar-refractivity contribution in [1.29, 1.82) is 0 Å². The number of carbonyl (C=O) groups excluding carboxylic acids is 2. The van der Waals surface area contributed by atoms with Gasteiger partial charge < -0.3 is 20.7 Å². The Kier molecular flexibility index (Phi) is 6.92. The quantitative estimate of drug-likeness (QED) is 0.178. The van der Waals surface area contributed by atoms with Crippen LogP contribution in [0.4, 0.5) is 11.4 Å².